The Hall–Kier alpha value is -11.1. The molecule has 8 aromatic carbocycles. The number of amides is 4. The molecule has 138 heavy (non-hydrogen) atoms. The Kier molecular flexibility index (Phi) is 35.5. The van der Waals surface area contributed by atoms with Crippen LogP contribution in [0.1, 0.15) is 95.4 Å². The van der Waals surface area contributed by atoms with Crippen LogP contribution in [-0.2, 0) is 82.4 Å². The number of benzene rings is 8. The number of carbonyl (C=O) groups excluding carboxylic acids is 4. The summed E-state index contributed by atoms with van der Waals surface area (Å²) in [5.41, 5.74) is 20.9. The van der Waals surface area contributed by atoms with Crippen molar-refractivity contribution >= 4 is 225 Å². The zero-order chi connectivity index (χ0) is 97.9. The highest BCUT2D eigenvalue weighted by Crippen LogP contribution is 2.38. The molecular weight excluding hydrogens is 2010 g/mol. The lowest BCUT2D eigenvalue weighted by Crippen LogP contribution is -2.55. The quantitative estimate of drug-likeness (QED) is 0.0417. The van der Waals surface area contributed by atoms with E-state index in [4.69, 9.17) is 69.5 Å². The van der Waals surface area contributed by atoms with Crippen molar-refractivity contribution in [3.05, 3.63) is 259 Å². The van der Waals surface area contributed by atoms with Crippen LogP contribution in [0.25, 0.3) is 10.9 Å². The van der Waals surface area contributed by atoms with E-state index >= 15 is 0 Å². The van der Waals surface area contributed by atoms with Gasteiger partial charge in [0.15, 0.2) is 10.3 Å². The molecule has 4 atom stereocenters. The van der Waals surface area contributed by atoms with Crippen LogP contribution in [0.2, 0.25) is 25.1 Å². The number of nitrogens with zero attached hydrogens (tertiary/aromatic N) is 15. The first-order valence-corrected chi connectivity index (χ1v) is 53.5. The minimum absolute atomic E-state index is 0. The maximum absolute atomic E-state index is 13.2. The molecule has 742 valence electrons. The Bertz CT molecular complexity index is 6660. The molecule has 5 aromatic heterocycles. The summed E-state index contributed by atoms with van der Waals surface area (Å²) in [6, 6.07) is 52.5. The van der Waals surface area contributed by atoms with Gasteiger partial charge in [-0.25, -0.2) is 31.8 Å². The Balaban J connectivity index is 0.000000246. The zero-order valence-electron chi connectivity index (χ0n) is 75.0. The second kappa shape index (κ2) is 47.7. The lowest BCUT2D eigenvalue weighted by molar-refractivity contribution is -0.132. The van der Waals surface area contributed by atoms with Crippen LogP contribution in [-0.4, -0.2) is 204 Å². The zero-order valence-corrected chi connectivity index (χ0v) is 84.5. The largest absolute Gasteiger partial charge is 0.768 e. The first kappa shape index (κ1) is 103. The molecule has 45 heteroatoms. The van der Waals surface area contributed by atoms with Gasteiger partial charge in [-0.15, -0.1) is 11.3 Å². The predicted molar refractivity (Wildman–Crippen MR) is 561 cm³/mol. The lowest BCUT2D eigenvalue weighted by Gasteiger charge is -2.41. The fraction of sp³-hybridized carbons (Fsp3) is 0.312. The van der Waals surface area contributed by atoms with E-state index < -0.39 is 42.2 Å². The number of fused-ring (bicyclic) bond motifs is 3. The normalized spacial score (nSPS) is 16.2. The summed E-state index contributed by atoms with van der Waals surface area (Å²) in [4.78, 5) is 80.4. The van der Waals surface area contributed by atoms with Crippen molar-refractivity contribution in [1.82, 2.24) is 48.5 Å². The van der Waals surface area contributed by atoms with E-state index in [1.807, 2.05) is 117 Å². The van der Waals surface area contributed by atoms with Gasteiger partial charge in [-0.05, 0) is 268 Å². The average molecular weight is 2120 g/mol. The van der Waals surface area contributed by atoms with E-state index in [0.717, 1.165) is 169 Å². The number of piperazine rings is 2. The third-order valence-corrected chi connectivity index (χ3v) is 31.1. The minimum Gasteiger partial charge on any atom is -0.768 e. The highest BCUT2D eigenvalue weighted by molar-refractivity contribution is 7.93. The number of nitrogens with one attached hydrogen (secondary N) is 3. The van der Waals surface area contributed by atoms with Gasteiger partial charge in [0.05, 0.1) is 26.1 Å². The molecule has 19 rings (SSSR count). The minimum atomic E-state index is -3.70. The summed E-state index contributed by atoms with van der Waals surface area (Å²) < 4.78 is 113. The van der Waals surface area contributed by atoms with Crippen molar-refractivity contribution in [2.24, 2.45) is 0 Å². The molecule has 0 saturated carbocycles. The number of thiazole rings is 1. The van der Waals surface area contributed by atoms with E-state index in [9.17, 15) is 53.5 Å². The maximum Gasteiger partial charge on any atom is 0.263 e. The van der Waals surface area contributed by atoms with Gasteiger partial charge in [-0.1, -0.05) is 70.1 Å². The van der Waals surface area contributed by atoms with Gasteiger partial charge < -0.3 is 74.2 Å². The number of hydrogen-bond donors (Lipinski definition) is 5. The van der Waals surface area contributed by atoms with Crippen LogP contribution in [0.5, 0.6) is 0 Å². The number of halogens is 5. The molecule has 0 spiro atoms. The number of aromatic nitrogens is 7. The van der Waals surface area contributed by atoms with Crippen molar-refractivity contribution in [2.75, 3.05) is 135 Å². The number of carbonyl (C=O) groups is 4. The summed E-state index contributed by atoms with van der Waals surface area (Å²) in [5, 5.41) is 13.5. The van der Waals surface area contributed by atoms with Crippen molar-refractivity contribution in [3.8, 4) is 0 Å². The molecule has 4 amide bonds. The molecule has 2 unspecified atom stereocenters. The molecule has 33 nitrogen and oxygen atoms in total. The number of aryl methyl sites for hydroxylation is 5. The number of piperidine rings is 1. The highest BCUT2D eigenvalue weighted by atomic mass is 35.5. The summed E-state index contributed by atoms with van der Waals surface area (Å²) in [5.74, 6) is 1.33. The SMILES string of the molecule is CCc1nsc(N)n1.C[C@H](C(=O)N1CCN(c2ccc(S(=O)[O-])cc2)CC1)N1CCCc2cc(Cl)ccc21.Cc1cc(N)on1.O=C(CCn1ccc2cc(Cl)ccc21)NC1CCN(c2ccc(S(=O)(=O)Nc3ncns3)cc2)CC1.O=C(c1ccc(Cl)cc1Cl)N1CCN(c2ccc(S(=O)(=O)Nc3nccs3)cc2)CC1.O=C1[C@@H](N2CCCc3cc(Cl)ccc32)CCN1c1ccc(S(=O)[O-])cc1.[HH].[HH].[HH].[HH].[HH].[HH].[HH]. The Labute approximate surface area is 852 Å². The number of sulfonamides is 2. The first-order valence-electron chi connectivity index (χ1n) is 44.1. The first-order chi connectivity index (χ1) is 66.3. The Morgan fingerprint density at radius 3 is 1.67 bits per heavy atom. The summed E-state index contributed by atoms with van der Waals surface area (Å²) in [6.45, 7) is 15.4. The maximum atomic E-state index is 13.2. The fourth-order valence-corrected chi connectivity index (χ4v) is 22.4. The topological polar surface area (TPSA) is 426 Å². The molecule has 4 saturated heterocycles. The van der Waals surface area contributed by atoms with E-state index in [1.165, 1.54) is 58.7 Å². The van der Waals surface area contributed by atoms with Crippen LogP contribution in [0.15, 0.2) is 230 Å². The molecule has 0 radical (unpaired) electrons. The number of rotatable bonds is 21. The molecule has 0 bridgehead atoms. The van der Waals surface area contributed by atoms with Crippen molar-refractivity contribution in [2.45, 2.75) is 123 Å². The fourth-order valence-electron chi connectivity index (χ4n) is 16.7. The summed E-state index contributed by atoms with van der Waals surface area (Å²) >= 11 is 29.4. The van der Waals surface area contributed by atoms with E-state index in [-0.39, 0.29) is 76.5 Å². The second-order valence-corrected chi connectivity index (χ2v) is 42.5. The molecule has 11 heterocycles. The monoisotopic (exact) mass is 2120 g/mol. The second-order valence-electron chi connectivity index (χ2n) is 32.6. The smallest absolute Gasteiger partial charge is 0.263 e. The van der Waals surface area contributed by atoms with Gasteiger partial charge in [-0.3, -0.25) is 37.0 Å². The number of nitrogens with two attached hydrogens (primary N) is 2. The molecule has 0 aliphatic carbocycles. The van der Waals surface area contributed by atoms with Crippen molar-refractivity contribution < 1.29 is 68.0 Å². The van der Waals surface area contributed by atoms with Gasteiger partial charge >= 0.3 is 0 Å². The number of hydrogen-bond acceptors (Lipinski definition) is 29. The number of nitrogen functional groups attached to an aromatic ring is 2. The van der Waals surface area contributed by atoms with Gasteiger partial charge in [-0.2, -0.15) is 8.75 Å². The predicted octanol–water partition coefficient (Wildman–Crippen LogP) is 17.5. The van der Waals surface area contributed by atoms with Gasteiger partial charge in [0.1, 0.15) is 24.2 Å². The van der Waals surface area contributed by atoms with Crippen molar-refractivity contribution in [1.29, 1.82) is 0 Å². The van der Waals surface area contributed by atoms with Crippen LogP contribution in [0.4, 0.5) is 55.4 Å². The third-order valence-electron chi connectivity index (χ3n) is 23.7. The van der Waals surface area contributed by atoms with Crippen LogP contribution < -0.4 is 55.6 Å². The van der Waals surface area contributed by atoms with E-state index in [2.05, 4.69) is 77.2 Å². The molecule has 4 fully saturated rings. The molecule has 13 aromatic rings. The van der Waals surface area contributed by atoms with E-state index in [1.54, 1.807) is 100 Å². The lowest BCUT2D eigenvalue weighted by atomic mass is 9.99. The van der Waals surface area contributed by atoms with Gasteiger partial charge in [0, 0.05) is 242 Å². The molecule has 6 aliphatic heterocycles. The van der Waals surface area contributed by atoms with Crippen LogP contribution in [0, 0.1) is 6.92 Å². The van der Waals surface area contributed by atoms with Gasteiger partial charge in [0.2, 0.25) is 28.7 Å². The van der Waals surface area contributed by atoms with Gasteiger partial charge in [0.25, 0.3) is 26.0 Å². The highest BCUT2D eigenvalue weighted by Gasteiger charge is 2.39. The summed E-state index contributed by atoms with van der Waals surface area (Å²) in [6.07, 6.45) is 12.5. The molecule has 6 aliphatic rings. The summed E-state index contributed by atoms with van der Waals surface area (Å²) in [7, 11) is -7.39. The number of anilines is 10. The van der Waals surface area contributed by atoms with Crippen LogP contribution >= 0.6 is 92.4 Å². The Morgan fingerprint density at radius 2 is 1.14 bits per heavy atom. The molecular formula is C93H113Cl5N20O13S7-2. The van der Waals surface area contributed by atoms with E-state index in [0.29, 0.717) is 95.6 Å². The average Bonchev–Trinajstić information content (AvgIpc) is 1.08. The third kappa shape index (κ3) is 27.1. The molecule has 7 N–H and O–H groups in total. The Morgan fingerprint density at radius 1 is 0.601 bits per heavy atom. The standard InChI is InChI=1S/C24H25ClN6O3S2.C22H26ClN3O3S.C20H18Cl2N4O3S2.C19H19ClN2O3S.C4H7N3S.C4H6N2O.7H2/c25-18-1-6-22-17(15-18)7-11-31(22)14-10-23(32)28-19-8-12-30(13-9-19)20-2-4-21(5-3-20)36(33,34)29-24-26-16-27-35-24;1-16(26-10-2-3-17-15-18(23)4-9-21(17)26)22(27)25-13-11-24(12-14-25)19-5-7-20(8-6-19)30(28)29;21-14-1-6-17(18(22)13-14)19(27)26-10-8-25(9-11-26)15-2-4-16(5-3-15)31(28,29)24-20-23-7-12-30-20;20-14-3-8-17-13(12-14)2-1-10-22(17)18-9-11-21(19(18)23)15-4-6-16(7-5-15)26(24)25;1-2-3-6-4(5)8-7-3;1-3-2-4(5)7-6-3;;;;;;;/h1-7,11,15-16,19H,8-10,12-14H2,(H,28,32)(H,26,27,29);4-9,15-16H,2-3,10-14H2,1H3,(H,28,29);1-7,12-13H,8-11H2,(H,23,24);3-8,12,18H,1-2,9-11H2,(H,24,25);2H2,1H3,(H2,5,6,7);2H,5H2,1H3;7*1H/p-2/t;16-;;18-;;;;;;;;;/m.1.0........./s1. The van der Waals surface area contributed by atoms with Crippen molar-refractivity contribution in [3.63, 3.8) is 0 Å². The van der Waals surface area contributed by atoms with Crippen LogP contribution in [0.3, 0.4) is 0 Å².